The van der Waals surface area contributed by atoms with E-state index in [-0.39, 0.29) is 0 Å². The maximum absolute atomic E-state index is 9.27. The summed E-state index contributed by atoms with van der Waals surface area (Å²) in [4.78, 5) is 0. The summed E-state index contributed by atoms with van der Waals surface area (Å²) in [7, 11) is -1.52. The van der Waals surface area contributed by atoms with Crippen LogP contribution in [0.2, 0.25) is 0 Å². The van der Waals surface area contributed by atoms with Crippen molar-refractivity contribution >= 4 is 12.6 Å². The van der Waals surface area contributed by atoms with Gasteiger partial charge in [0.2, 0.25) is 0 Å². The van der Waals surface area contributed by atoms with Gasteiger partial charge in [0.1, 0.15) is 12.4 Å². The maximum atomic E-state index is 9.27. The lowest BCUT2D eigenvalue weighted by atomic mass is 9.79. The molecule has 2 N–H and O–H groups in total. The van der Waals surface area contributed by atoms with E-state index >= 15 is 0 Å². The van der Waals surface area contributed by atoms with Gasteiger partial charge in [0.25, 0.3) is 0 Å². The molecule has 0 radical (unpaired) electrons. The third kappa shape index (κ3) is 3.62. The van der Waals surface area contributed by atoms with Crippen LogP contribution in [0.5, 0.6) is 5.75 Å². The van der Waals surface area contributed by atoms with Crippen LogP contribution in [0.15, 0.2) is 48.5 Å². The van der Waals surface area contributed by atoms with Gasteiger partial charge >= 0.3 is 7.12 Å². The van der Waals surface area contributed by atoms with Crippen molar-refractivity contribution in [1.29, 1.82) is 0 Å². The minimum atomic E-state index is -1.52. The molecule has 0 heterocycles. The first-order valence-electron chi connectivity index (χ1n) is 6.74. The molecule has 0 saturated heterocycles. The molecule has 20 heavy (non-hydrogen) atoms. The Morgan fingerprint density at radius 2 is 1.65 bits per heavy atom. The van der Waals surface area contributed by atoms with E-state index in [1.807, 2.05) is 18.2 Å². The van der Waals surface area contributed by atoms with Gasteiger partial charge in [0.15, 0.2) is 0 Å². The molecule has 0 amide bonds. The first-order valence-corrected chi connectivity index (χ1v) is 6.74. The summed E-state index contributed by atoms with van der Waals surface area (Å²) in [5, 5.41) is 18.5. The van der Waals surface area contributed by atoms with Gasteiger partial charge in [-0.15, -0.1) is 0 Å². The van der Waals surface area contributed by atoms with Crippen molar-refractivity contribution < 1.29 is 14.8 Å². The summed E-state index contributed by atoms with van der Waals surface area (Å²) in [5.74, 6) is 1.01. The Bertz CT molecular complexity index is 550. The van der Waals surface area contributed by atoms with Crippen molar-refractivity contribution in [3.05, 3.63) is 59.7 Å². The Morgan fingerprint density at radius 3 is 2.25 bits per heavy atom. The summed E-state index contributed by atoms with van der Waals surface area (Å²) in [6.45, 7) is 4.72. The average molecular weight is 270 g/mol. The van der Waals surface area contributed by atoms with E-state index in [1.54, 1.807) is 18.2 Å². The third-order valence-electron chi connectivity index (χ3n) is 3.24. The van der Waals surface area contributed by atoms with Gasteiger partial charge in [-0.25, -0.2) is 0 Å². The van der Waals surface area contributed by atoms with E-state index in [2.05, 4.69) is 26.0 Å². The van der Waals surface area contributed by atoms with Crippen molar-refractivity contribution in [2.45, 2.75) is 26.4 Å². The molecule has 0 aromatic heterocycles. The zero-order chi connectivity index (χ0) is 14.5. The molecule has 0 aliphatic rings. The van der Waals surface area contributed by atoms with Crippen molar-refractivity contribution in [2.24, 2.45) is 0 Å². The highest BCUT2D eigenvalue weighted by atomic mass is 16.5. The van der Waals surface area contributed by atoms with Gasteiger partial charge in [-0.3, -0.25) is 0 Å². The van der Waals surface area contributed by atoms with Crippen LogP contribution in [-0.2, 0) is 6.61 Å². The van der Waals surface area contributed by atoms with Crippen LogP contribution in [0.25, 0.3) is 0 Å². The fourth-order valence-electron chi connectivity index (χ4n) is 1.99. The maximum Gasteiger partial charge on any atom is 0.492 e. The van der Waals surface area contributed by atoms with E-state index in [0.717, 1.165) is 5.56 Å². The third-order valence-corrected chi connectivity index (χ3v) is 3.24. The number of para-hydroxylation sites is 1. The molecular weight excluding hydrogens is 251 g/mol. The van der Waals surface area contributed by atoms with Crippen LogP contribution in [-0.4, -0.2) is 17.2 Å². The highest BCUT2D eigenvalue weighted by Crippen LogP contribution is 2.16. The molecule has 2 aromatic carbocycles. The Labute approximate surface area is 120 Å². The van der Waals surface area contributed by atoms with Gasteiger partial charge in [-0.2, -0.15) is 0 Å². The van der Waals surface area contributed by atoms with E-state index in [1.165, 1.54) is 5.56 Å². The van der Waals surface area contributed by atoms with Crippen molar-refractivity contribution in [1.82, 2.24) is 0 Å². The number of hydrogen-bond acceptors (Lipinski definition) is 3. The molecule has 2 rings (SSSR count). The molecule has 4 heteroatoms. The molecule has 2 aromatic rings. The predicted octanol–water partition coefficient (Wildman–Crippen LogP) is 2.07. The highest BCUT2D eigenvalue weighted by molar-refractivity contribution is 6.59. The topological polar surface area (TPSA) is 49.7 Å². The van der Waals surface area contributed by atoms with E-state index in [4.69, 9.17) is 4.74 Å². The van der Waals surface area contributed by atoms with Crippen molar-refractivity contribution in [3.8, 4) is 5.75 Å². The van der Waals surface area contributed by atoms with E-state index in [0.29, 0.717) is 23.7 Å². The molecule has 0 unspecified atom stereocenters. The second kappa shape index (κ2) is 6.59. The zero-order valence-corrected chi connectivity index (χ0v) is 11.8. The van der Waals surface area contributed by atoms with Crippen LogP contribution in [0.3, 0.4) is 0 Å². The normalized spacial score (nSPS) is 10.7. The number of rotatable bonds is 5. The summed E-state index contributed by atoms with van der Waals surface area (Å²) >= 11 is 0. The van der Waals surface area contributed by atoms with Gasteiger partial charge < -0.3 is 14.8 Å². The molecule has 0 aliphatic heterocycles. The zero-order valence-electron chi connectivity index (χ0n) is 11.8. The Morgan fingerprint density at radius 1 is 1.00 bits per heavy atom. The lowest BCUT2D eigenvalue weighted by molar-refractivity contribution is 0.306. The number of hydrogen-bond donors (Lipinski definition) is 2. The fraction of sp³-hybridized carbons (Fsp3) is 0.250. The van der Waals surface area contributed by atoms with E-state index in [9.17, 15) is 10.0 Å². The Balaban J connectivity index is 2.05. The lowest BCUT2D eigenvalue weighted by Gasteiger charge is -2.12. The lowest BCUT2D eigenvalue weighted by Crippen LogP contribution is -2.31. The first kappa shape index (κ1) is 14.6. The molecule has 0 fully saturated rings. The number of benzene rings is 2. The van der Waals surface area contributed by atoms with Gasteiger partial charge in [-0.1, -0.05) is 56.3 Å². The molecular formula is C16H19BO3. The predicted molar refractivity (Wildman–Crippen MR) is 81.1 cm³/mol. The minimum Gasteiger partial charge on any atom is -0.489 e. The SMILES string of the molecule is CC(C)c1ccc(COc2ccccc2B(O)O)cc1. The van der Waals surface area contributed by atoms with Gasteiger partial charge in [-0.05, 0) is 23.1 Å². The number of ether oxygens (including phenoxy) is 1. The van der Waals surface area contributed by atoms with Crippen LogP contribution in [0.1, 0.15) is 30.9 Å². The summed E-state index contributed by atoms with van der Waals surface area (Å²) in [5.41, 5.74) is 2.72. The van der Waals surface area contributed by atoms with Crippen LogP contribution >= 0.6 is 0 Å². The molecule has 104 valence electrons. The van der Waals surface area contributed by atoms with Gasteiger partial charge in [0.05, 0.1) is 0 Å². The summed E-state index contributed by atoms with van der Waals surface area (Å²) in [6, 6.07) is 15.2. The highest BCUT2D eigenvalue weighted by Gasteiger charge is 2.16. The molecule has 0 spiro atoms. The van der Waals surface area contributed by atoms with Crippen molar-refractivity contribution in [2.75, 3.05) is 0 Å². The van der Waals surface area contributed by atoms with E-state index < -0.39 is 7.12 Å². The molecule has 0 saturated carbocycles. The van der Waals surface area contributed by atoms with Crippen LogP contribution < -0.4 is 10.2 Å². The average Bonchev–Trinajstić information content (AvgIpc) is 2.45. The second-order valence-corrected chi connectivity index (χ2v) is 5.10. The molecule has 0 aliphatic carbocycles. The standard InChI is InChI=1S/C16H19BO3/c1-12(2)14-9-7-13(8-10-14)11-20-16-6-4-3-5-15(16)17(18)19/h3-10,12,18-19H,11H2,1-2H3. The second-order valence-electron chi connectivity index (χ2n) is 5.10. The summed E-state index contributed by atoms with van der Waals surface area (Å²) < 4.78 is 5.66. The quantitative estimate of drug-likeness (QED) is 0.818. The molecule has 3 nitrogen and oxygen atoms in total. The monoisotopic (exact) mass is 270 g/mol. The fourth-order valence-corrected chi connectivity index (χ4v) is 1.99. The molecule has 0 bridgehead atoms. The molecule has 0 atom stereocenters. The van der Waals surface area contributed by atoms with Crippen LogP contribution in [0, 0.1) is 0 Å². The smallest absolute Gasteiger partial charge is 0.489 e. The first-order chi connectivity index (χ1) is 9.58. The van der Waals surface area contributed by atoms with Crippen molar-refractivity contribution in [3.63, 3.8) is 0 Å². The summed E-state index contributed by atoms with van der Waals surface area (Å²) in [6.07, 6.45) is 0. The van der Waals surface area contributed by atoms with Crippen LogP contribution in [0.4, 0.5) is 0 Å². The van der Waals surface area contributed by atoms with Gasteiger partial charge in [0, 0.05) is 5.46 Å². The Kier molecular flexibility index (Phi) is 4.82. The Hall–Kier alpha value is -1.78. The minimum absolute atomic E-state index is 0.381. The largest absolute Gasteiger partial charge is 0.492 e.